The number of nitrogens with one attached hydrogen (secondary N) is 1. The van der Waals surface area contributed by atoms with E-state index in [-0.39, 0.29) is 5.82 Å². The van der Waals surface area contributed by atoms with Crippen LogP contribution in [0.2, 0.25) is 0 Å². The van der Waals surface area contributed by atoms with Gasteiger partial charge in [0, 0.05) is 13.1 Å². The third-order valence-corrected chi connectivity index (χ3v) is 1.84. The van der Waals surface area contributed by atoms with E-state index in [1.807, 2.05) is 0 Å². The Labute approximate surface area is 104 Å². The SMILES string of the molecule is CC(C)(C)OC(=O)NCCn1cnc([N+](=O)[O-])c1. The van der Waals surface area contributed by atoms with Gasteiger partial charge in [-0.3, -0.25) is 0 Å². The predicted molar refractivity (Wildman–Crippen MR) is 63.1 cm³/mol. The van der Waals surface area contributed by atoms with Gasteiger partial charge in [-0.1, -0.05) is 0 Å². The van der Waals surface area contributed by atoms with Crippen LogP contribution in [0, 0.1) is 10.1 Å². The van der Waals surface area contributed by atoms with Gasteiger partial charge in [0.1, 0.15) is 11.8 Å². The lowest BCUT2D eigenvalue weighted by molar-refractivity contribution is -0.389. The van der Waals surface area contributed by atoms with Gasteiger partial charge in [-0.25, -0.2) is 4.79 Å². The molecule has 0 fully saturated rings. The fraction of sp³-hybridized carbons (Fsp3) is 0.600. The van der Waals surface area contributed by atoms with Gasteiger partial charge in [0.05, 0.1) is 0 Å². The third-order valence-electron chi connectivity index (χ3n) is 1.84. The van der Waals surface area contributed by atoms with E-state index >= 15 is 0 Å². The van der Waals surface area contributed by atoms with Crippen molar-refractivity contribution in [1.82, 2.24) is 14.9 Å². The van der Waals surface area contributed by atoms with Crippen molar-refractivity contribution in [2.24, 2.45) is 0 Å². The molecule has 0 aliphatic rings. The summed E-state index contributed by atoms with van der Waals surface area (Å²) in [7, 11) is 0. The topological polar surface area (TPSA) is 99.3 Å². The second-order valence-corrected chi connectivity index (χ2v) is 4.66. The average Bonchev–Trinajstić information content (AvgIpc) is 2.63. The van der Waals surface area contributed by atoms with E-state index in [2.05, 4.69) is 10.3 Å². The Balaban J connectivity index is 2.33. The zero-order valence-electron chi connectivity index (χ0n) is 10.5. The fourth-order valence-corrected chi connectivity index (χ4v) is 1.17. The summed E-state index contributed by atoms with van der Waals surface area (Å²) >= 11 is 0. The number of nitro groups is 1. The van der Waals surface area contributed by atoms with Gasteiger partial charge in [-0.15, -0.1) is 0 Å². The molecule has 18 heavy (non-hydrogen) atoms. The van der Waals surface area contributed by atoms with Crippen LogP contribution in [0.15, 0.2) is 12.5 Å². The molecule has 0 aliphatic carbocycles. The van der Waals surface area contributed by atoms with Crippen LogP contribution in [-0.2, 0) is 11.3 Å². The molecule has 0 saturated heterocycles. The second kappa shape index (κ2) is 5.48. The second-order valence-electron chi connectivity index (χ2n) is 4.66. The number of hydrogen-bond donors (Lipinski definition) is 1. The predicted octanol–water partition coefficient (Wildman–Crippen LogP) is 1.32. The minimum atomic E-state index is -0.572. The molecule has 0 aromatic carbocycles. The summed E-state index contributed by atoms with van der Waals surface area (Å²) in [4.78, 5) is 24.7. The minimum absolute atomic E-state index is 0.215. The molecule has 1 heterocycles. The molecular weight excluding hydrogens is 240 g/mol. The number of carbonyl (C=O) groups is 1. The van der Waals surface area contributed by atoms with Crippen LogP contribution in [0.1, 0.15) is 20.8 Å². The van der Waals surface area contributed by atoms with Crippen molar-refractivity contribution >= 4 is 11.9 Å². The molecule has 0 atom stereocenters. The molecule has 0 bridgehead atoms. The molecule has 0 radical (unpaired) electrons. The number of hydrogen-bond acceptors (Lipinski definition) is 5. The Morgan fingerprint density at radius 3 is 2.78 bits per heavy atom. The Kier molecular flexibility index (Phi) is 4.24. The van der Waals surface area contributed by atoms with E-state index in [0.717, 1.165) is 0 Å². The Bertz CT molecular complexity index is 435. The third kappa shape index (κ3) is 4.81. The Morgan fingerprint density at radius 2 is 2.28 bits per heavy atom. The summed E-state index contributed by atoms with van der Waals surface area (Å²) in [6.45, 7) is 6.01. The van der Waals surface area contributed by atoms with E-state index in [0.29, 0.717) is 13.1 Å². The molecule has 0 unspecified atom stereocenters. The van der Waals surface area contributed by atoms with Gasteiger partial charge in [-0.2, -0.15) is 0 Å². The number of rotatable bonds is 4. The number of aromatic nitrogens is 2. The zero-order valence-corrected chi connectivity index (χ0v) is 10.5. The van der Waals surface area contributed by atoms with Gasteiger partial charge >= 0.3 is 11.9 Å². The summed E-state index contributed by atoms with van der Waals surface area (Å²) in [5.41, 5.74) is -0.544. The highest BCUT2D eigenvalue weighted by molar-refractivity contribution is 5.67. The van der Waals surface area contributed by atoms with Gasteiger partial charge < -0.3 is 24.7 Å². The summed E-state index contributed by atoms with van der Waals surface area (Å²) in [6.07, 6.45) is 2.13. The maximum absolute atomic E-state index is 11.3. The number of amides is 1. The number of imidazole rings is 1. The van der Waals surface area contributed by atoms with Gasteiger partial charge in [0.15, 0.2) is 0 Å². The molecular formula is C10H16N4O4. The lowest BCUT2D eigenvalue weighted by Gasteiger charge is -2.19. The van der Waals surface area contributed by atoms with Crippen molar-refractivity contribution in [3.8, 4) is 0 Å². The number of alkyl carbamates (subject to hydrolysis) is 1. The molecule has 1 rings (SSSR count). The van der Waals surface area contributed by atoms with E-state index in [4.69, 9.17) is 4.74 Å². The smallest absolute Gasteiger partial charge is 0.407 e. The summed E-state index contributed by atoms with van der Waals surface area (Å²) in [6, 6.07) is 0. The number of ether oxygens (including phenoxy) is 1. The first-order valence-electron chi connectivity index (χ1n) is 5.41. The minimum Gasteiger partial charge on any atom is -0.444 e. The van der Waals surface area contributed by atoms with Crippen molar-refractivity contribution in [1.29, 1.82) is 0 Å². The van der Waals surface area contributed by atoms with Crippen LogP contribution in [0.25, 0.3) is 0 Å². The van der Waals surface area contributed by atoms with Crippen molar-refractivity contribution in [3.05, 3.63) is 22.6 Å². The summed E-state index contributed by atoms with van der Waals surface area (Å²) < 4.78 is 6.56. The summed E-state index contributed by atoms with van der Waals surface area (Å²) in [5, 5.41) is 12.9. The molecule has 1 amide bonds. The monoisotopic (exact) mass is 256 g/mol. The first-order chi connectivity index (χ1) is 8.28. The van der Waals surface area contributed by atoms with Crippen LogP contribution in [0.4, 0.5) is 10.6 Å². The molecule has 8 heteroatoms. The van der Waals surface area contributed by atoms with E-state index in [1.54, 1.807) is 20.8 Å². The van der Waals surface area contributed by atoms with Gasteiger partial charge in [-0.05, 0) is 30.7 Å². The van der Waals surface area contributed by atoms with Crippen molar-refractivity contribution in [2.75, 3.05) is 6.54 Å². The van der Waals surface area contributed by atoms with Crippen molar-refractivity contribution < 1.29 is 14.5 Å². The van der Waals surface area contributed by atoms with Gasteiger partial charge in [0.2, 0.25) is 6.33 Å². The standard InChI is InChI=1S/C10H16N4O4/c1-10(2,3)18-9(15)11-4-5-13-6-8(12-7-13)14(16)17/h6-7H,4-5H2,1-3H3,(H,11,15). The van der Waals surface area contributed by atoms with Crippen LogP contribution < -0.4 is 5.32 Å². The lowest BCUT2D eigenvalue weighted by Crippen LogP contribution is -2.34. The molecule has 8 nitrogen and oxygen atoms in total. The first-order valence-corrected chi connectivity index (χ1v) is 5.41. The van der Waals surface area contributed by atoms with Crippen LogP contribution in [0.5, 0.6) is 0 Å². The molecule has 0 spiro atoms. The molecule has 0 saturated carbocycles. The number of nitrogens with zero attached hydrogens (tertiary/aromatic N) is 3. The van der Waals surface area contributed by atoms with Crippen LogP contribution in [0.3, 0.4) is 0 Å². The van der Waals surface area contributed by atoms with Crippen LogP contribution in [-0.4, -0.2) is 32.7 Å². The van der Waals surface area contributed by atoms with Gasteiger partial charge in [0.25, 0.3) is 0 Å². The maximum Gasteiger partial charge on any atom is 0.407 e. The molecule has 1 aromatic heterocycles. The van der Waals surface area contributed by atoms with E-state index in [1.165, 1.54) is 17.1 Å². The lowest BCUT2D eigenvalue weighted by atomic mass is 10.2. The Morgan fingerprint density at radius 1 is 1.61 bits per heavy atom. The first kappa shape index (κ1) is 13.9. The van der Waals surface area contributed by atoms with Crippen molar-refractivity contribution in [2.45, 2.75) is 32.9 Å². The van der Waals surface area contributed by atoms with E-state index in [9.17, 15) is 14.9 Å². The highest BCUT2D eigenvalue weighted by Gasteiger charge is 2.15. The highest BCUT2D eigenvalue weighted by atomic mass is 16.6. The van der Waals surface area contributed by atoms with Crippen LogP contribution >= 0.6 is 0 Å². The maximum atomic E-state index is 11.3. The molecule has 0 aliphatic heterocycles. The van der Waals surface area contributed by atoms with Crippen molar-refractivity contribution in [3.63, 3.8) is 0 Å². The largest absolute Gasteiger partial charge is 0.444 e. The Hall–Kier alpha value is -2.12. The summed E-state index contributed by atoms with van der Waals surface area (Å²) in [5.74, 6) is -0.215. The highest BCUT2D eigenvalue weighted by Crippen LogP contribution is 2.07. The number of carbonyl (C=O) groups excluding carboxylic acids is 1. The molecule has 100 valence electrons. The average molecular weight is 256 g/mol. The molecule has 1 N–H and O–H groups in total. The molecule has 1 aromatic rings. The van der Waals surface area contributed by atoms with E-state index < -0.39 is 16.6 Å². The quantitative estimate of drug-likeness (QED) is 0.646. The fourth-order valence-electron chi connectivity index (χ4n) is 1.17. The normalized spacial score (nSPS) is 11.1. The zero-order chi connectivity index (χ0) is 13.8.